The highest BCUT2D eigenvalue weighted by Crippen LogP contribution is 2.22. The fourth-order valence-electron chi connectivity index (χ4n) is 1.53. The Morgan fingerprint density at radius 1 is 1.39 bits per heavy atom. The van der Waals surface area contributed by atoms with Crippen molar-refractivity contribution in [2.24, 2.45) is 0 Å². The number of nitrogen functional groups attached to an aromatic ring is 1. The number of amides is 1. The van der Waals surface area contributed by atoms with Gasteiger partial charge in [0.2, 0.25) is 0 Å². The first-order chi connectivity index (χ1) is 8.20. The van der Waals surface area contributed by atoms with Crippen LogP contribution in [-0.4, -0.2) is 23.6 Å². The van der Waals surface area contributed by atoms with E-state index in [2.05, 4.69) is 0 Å². The second-order valence-corrected chi connectivity index (χ2v) is 5.44. The molecule has 0 heterocycles. The number of anilines is 1. The Morgan fingerprint density at radius 3 is 2.50 bits per heavy atom. The Labute approximate surface area is 109 Å². The maximum Gasteiger partial charge on any atom is 0.410 e. The summed E-state index contributed by atoms with van der Waals surface area (Å²) in [5.41, 5.74) is 6.94. The van der Waals surface area contributed by atoms with Gasteiger partial charge >= 0.3 is 6.09 Å². The fourth-order valence-corrected chi connectivity index (χ4v) is 1.53. The molecule has 0 saturated heterocycles. The van der Waals surface area contributed by atoms with Crippen LogP contribution in [0.1, 0.15) is 39.3 Å². The van der Waals surface area contributed by atoms with Gasteiger partial charge in [-0.25, -0.2) is 4.79 Å². The summed E-state index contributed by atoms with van der Waals surface area (Å²) in [6.45, 7) is 7.50. The minimum Gasteiger partial charge on any atom is -0.444 e. The van der Waals surface area contributed by atoms with Gasteiger partial charge in [0.05, 0.1) is 6.04 Å². The van der Waals surface area contributed by atoms with Gasteiger partial charge in [-0.3, -0.25) is 0 Å². The highest BCUT2D eigenvalue weighted by atomic mass is 16.6. The SMILES string of the molecule is CC(c1cccc(N)c1)N(C)C(=O)OC(C)(C)C. The van der Waals surface area contributed by atoms with Crippen molar-refractivity contribution in [3.8, 4) is 0 Å². The van der Waals surface area contributed by atoms with E-state index < -0.39 is 5.60 Å². The van der Waals surface area contributed by atoms with E-state index in [9.17, 15) is 4.79 Å². The van der Waals surface area contributed by atoms with Crippen molar-refractivity contribution in [3.63, 3.8) is 0 Å². The second-order valence-electron chi connectivity index (χ2n) is 5.44. The number of hydrogen-bond donors (Lipinski definition) is 1. The third-order valence-corrected chi connectivity index (χ3v) is 2.66. The van der Waals surface area contributed by atoms with Crippen LogP contribution in [0.3, 0.4) is 0 Å². The molecule has 100 valence electrons. The molecule has 2 N–H and O–H groups in total. The van der Waals surface area contributed by atoms with Crippen LogP contribution in [0.4, 0.5) is 10.5 Å². The molecule has 1 amide bonds. The first kappa shape index (κ1) is 14.4. The summed E-state index contributed by atoms with van der Waals surface area (Å²) in [5.74, 6) is 0. The summed E-state index contributed by atoms with van der Waals surface area (Å²) in [6.07, 6.45) is -0.336. The van der Waals surface area contributed by atoms with Crippen molar-refractivity contribution < 1.29 is 9.53 Å². The van der Waals surface area contributed by atoms with Gasteiger partial charge in [-0.15, -0.1) is 0 Å². The van der Waals surface area contributed by atoms with Crippen LogP contribution in [-0.2, 0) is 4.74 Å². The minimum absolute atomic E-state index is 0.0802. The number of hydrogen-bond acceptors (Lipinski definition) is 3. The van der Waals surface area contributed by atoms with E-state index in [1.165, 1.54) is 0 Å². The van der Waals surface area contributed by atoms with E-state index in [-0.39, 0.29) is 12.1 Å². The predicted octanol–water partition coefficient (Wildman–Crippen LogP) is 3.20. The maximum atomic E-state index is 11.9. The maximum absolute atomic E-state index is 11.9. The predicted molar refractivity (Wildman–Crippen MR) is 73.3 cm³/mol. The number of carbonyl (C=O) groups excluding carboxylic acids is 1. The third kappa shape index (κ3) is 3.95. The van der Waals surface area contributed by atoms with Gasteiger partial charge in [0, 0.05) is 12.7 Å². The minimum atomic E-state index is -0.485. The molecular formula is C14H22N2O2. The largest absolute Gasteiger partial charge is 0.444 e. The molecule has 0 radical (unpaired) electrons. The van der Waals surface area contributed by atoms with Crippen molar-refractivity contribution in [1.82, 2.24) is 4.90 Å². The fraction of sp³-hybridized carbons (Fsp3) is 0.500. The quantitative estimate of drug-likeness (QED) is 0.820. The van der Waals surface area contributed by atoms with Gasteiger partial charge in [-0.05, 0) is 45.4 Å². The smallest absolute Gasteiger partial charge is 0.410 e. The Kier molecular flexibility index (Phi) is 4.22. The van der Waals surface area contributed by atoms with E-state index in [0.29, 0.717) is 5.69 Å². The average molecular weight is 250 g/mol. The number of nitrogens with two attached hydrogens (primary N) is 1. The first-order valence-corrected chi connectivity index (χ1v) is 6.02. The normalized spacial score (nSPS) is 12.9. The Hall–Kier alpha value is -1.71. The standard InChI is InChI=1S/C14H22N2O2/c1-10(11-7-6-8-12(15)9-11)16(5)13(17)18-14(2,3)4/h6-10H,15H2,1-5H3. The number of nitrogens with zero attached hydrogens (tertiary/aromatic N) is 1. The summed E-state index contributed by atoms with van der Waals surface area (Å²) < 4.78 is 5.33. The molecular weight excluding hydrogens is 228 g/mol. The zero-order valence-electron chi connectivity index (χ0n) is 11.7. The third-order valence-electron chi connectivity index (χ3n) is 2.66. The highest BCUT2D eigenvalue weighted by Gasteiger charge is 2.23. The molecule has 1 atom stereocenters. The van der Waals surface area contributed by atoms with E-state index in [1.54, 1.807) is 11.9 Å². The van der Waals surface area contributed by atoms with E-state index in [1.807, 2.05) is 52.0 Å². The zero-order chi connectivity index (χ0) is 13.9. The van der Waals surface area contributed by atoms with Crippen molar-refractivity contribution >= 4 is 11.8 Å². The molecule has 0 saturated carbocycles. The van der Waals surface area contributed by atoms with Gasteiger partial charge in [0.1, 0.15) is 5.60 Å². The summed E-state index contributed by atoms with van der Waals surface area (Å²) in [5, 5.41) is 0. The Balaban J connectivity index is 2.78. The number of ether oxygens (including phenoxy) is 1. The molecule has 18 heavy (non-hydrogen) atoms. The summed E-state index contributed by atoms with van der Waals surface area (Å²) in [6, 6.07) is 7.43. The van der Waals surface area contributed by atoms with Gasteiger partial charge in [0.25, 0.3) is 0 Å². The van der Waals surface area contributed by atoms with Crippen molar-refractivity contribution in [2.75, 3.05) is 12.8 Å². The van der Waals surface area contributed by atoms with Crippen LogP contribution in [0, 0.1) is 0 Å². The molecule has 1 unspecified atom stereocenters. The van der Waals surface area contributed by atoms with Crippen molar-refractivity contribution in [2.45, 2.75) is 39.3 Å². The molecule has 0 spiro atoms. The van der Waals surface area contributed by atoms with Gasteiger partial charge in [-0.1, -0.05) is 12.1 Å². The summed E-state index contributed by atoms with van der Waals surface area (Å²) >= 11 is 0. The van der Waals surface area contributed by atoms with Crippen LogP contribution in [0.5, 0.6) is 0 Å². The lowest BCUT2D eigenvalue weighted by atomic mass is 10.1. The van der Waals surface area contributed by atoms with Gasteiger partial charge < -0.3 is 15.4 Å². The average Bonchev–Trinajstić information content (AvgIpc) is 2.24. The van der Waals surface area contributed by atoms with Crippen LogP contribution >= 0.6 is 0 Å². The topological polar surface area (TPSA) is 55.6 Å². The molecule has 4 heteroatoms. The molecule has 1 aromatic rings. The van der Waals surface area contributed by atoms with E-state index >= 15 is 0 Å². The molecule has 1 rings (SSSR count). The number of carbonyl (C=O) groups is 1. The van der Waals surface area contributed by atoms with Gasteiger partial charge in [-0.2, -0.15) is 0 Å². The Morgan fingerprint density at radius 2 is 2.00 bits per heavy atom. The molecule has 0 aliphatic rings. The van der Waals surface area contributed by atoms with E-state index in [0.717, 1.165) is 5.56 Å². The van der Waals surface area contributed by atoms with Crippen molar-refractivity contribution in [1.29, 1.82) is 0 Å². The summed E-state index contributed by atoms with van der Waals surface area (Å²) in [4.78, 5) is 13.5. The highest BCUT2D eigenvalue weighted by molar-refractivity contribution is 5.68. The monoisotopic (exact) mass is 250 g/mol. The van der Waals surface area contributed by atoms with Crippen LogP contribution in [0.25, 0.3) is 0 Å². The molecule has 4 nitrogen and oxygen atoms in total. The van der Waals surface area contributed by atoms with Crippen molar-refractivity contribution in [3.05, 3.63) is 29.8 Å². The Bertz CT molecular complexity index is 424. The van der Waals surface area contributed by atoms with Gasteiger partial charge in [0.15, 0.2) is 0 Å². The molecule has 1 aromatic carbocycles. The lowest BCUT2D eigenvalue weighted by Crippen LogP contribution is -2.35. The molecule has 0 fully saturated rings. The molecule has 0 aliphatic heterocycles. The molecule has 0 bridgehead atoms. The second kappa shape index (κ2) is 5.29. The first-order valence-electron chi connectivity index (χ1n) is 6.02. The number of rotatable bonds is 2. The molecule has 0 aliphatic carbocycles. The lowest BCUT2D eigenvalue weighted by Gasteiger charge is -2.29. The molecule has 0 aromatic heterocycles. The van der Waals surface area contributed by atoms with Crippen LogP contribution in [0.2, 0.25) is 0 Å². The van der Waals surface area contributed by atoms with Crippen LogP contribution in [0.15, 0.2) is 24.3 Å². The summed E-state index contributed by atoms with van der Waals surface area (Å²) in [7, 11) is 1.72. The van der Waals surface area contributed by atoms with Crippen LogP contribution < -0.4 is 5.73 Å². The van der Waals surface area contributed by atoms with E-state index in [4.69, 9.17) is 10.5 Å². The zero-order valence-corrected chi connectivity index (χ0v) is 11.7. The lowest BCUT2D eigenvalue weighted by molar-refractivity contribution is 0.0234. The number of benzene rings is 1.